The molecule has 8 heteroatoms. The SMILES string of the molecule is CCN(C1CC1)S(=O)(=O)c1cccc(F)c1[N+](=O)[O-]. The van der Waals surface area contributed by atoms with Crippen molar-refractivity contribution in [3.05, 3.63) is 34.1 Å². The van der Waals surface area contributed by atoms with Gasteiger partial charge in [-0.3, -0.25) is 10.1 Å². The monoisotopic (exact) mass is 288 g/mol. The summed E-state index contributed by atoms with van der Waals surface area (Å²) in [6, 6.07) is 2.99. The van der Waals surface area contributed by atoms with Gasteiger partial charge in [-0.15, -0.1) is 0 Å². The molecule has 0 unspecified atom stereocenters. The van der Waals surface area contributed by atoms with Crippen molar-refractivity contribution in [1.82, 2.24) is 4.31 Å². The topological polar surface area (TPSA) is 80.5 Å². The van der Waals surface area contributed by atoms with Crippen molar-refractivity contribution in [2.75, 3.05) is 6.54 Å². The molecule has 104 valence electrons. The second-order valence-corrected chi connectivity index (χ2v) is 6.14. The molecule has 2 rings (SSSR count). The lowest BCUT2D eigenvalue weighted by Gasteiger charge is -2.19. The number of rotatable bonds is 5. The zero-order valence-electron chi connectivity index (χ0n) is 10.2. The highest BCUT2D eigenvalue weighted by molar-refractivity contribution is 7.89. The van der Waals surface area contributed by atoms with Gasteiger partial charge in [-0.25, -0.2) is 8.42 Å². The molecule has 0 aromatic heterocycles. The van der Waals surface area contributed by atoms with E-state index >= 15 is 0 Å². The average Bonchev–Trinajstić information content (AvgIpc) is 3.13. The van der Waals surface area contributed by atoms with Crippen molar-refractivity contribution in [2.24, 2.45) is 0 Å². The molecule has 0 N–H and O–H groups in total. The molecule has 0 radical (unpaired) electrons. The predicted octanol–water partition coefficient (Wildman–Crippen LogP) is 1.91. The molecule has 0 heterocycles. The van der Waals surface area contributed by atoms with Gasteiger partial charge in [0.25, 0.3) is 0 Å². The summed E-state index contributed by atoms with van der Waals surface area (Å²) in [5, 5.41) is 10.9. The van der Waals surface area contributed by atoms with Gasteiger partial charge >= 0.3 is 5.69 Å². The van der Waals surface area contributed by atoms with E-state index in [0.29, 0.717) is 0 Å². The van der Waals surface area contributed by atoms with Gasteiger partial charge in [0.2, 0.25) is 15.8 Å². The molecule has 19 heavy (non-hydrogen) atoms. The molecular formula is C11H13FN2O4S. The van der Waals surface area contributed by atoms with Crippen LogP contribution >= 0.6 is 0 Å². The number of halogens is 1. The van der Waals surface area contributed by atoms with Crippen LogP contribution in [0.15, 0.2) is 23.1 Å². The molecule has 1 aliphatic carbocycles. The largest absolute Gasteiger partial charge is 0.324 e. The van der Waals surface area contributed by atoms with Crippen molar-refractivity contribution >= 4 is 15.7 Å². The first-order valence-corrected chi connectivity index (χ1v) is 7.28. The summed E-state index contributed by atoms with van der Waals surface area (Å²) in [5.74, 6) is -1.14. The Kier molecular flexibility index (Phi) is 3.55. The minimum absolute atomic E-state index is 0.127. The first-order valence-electron chi connectivity index (χ1n) is 5.84. The van der Waals surface area contributed by atoms with Gasteiger partial charge in [-0.2, -0.15) is 8.70 Å². The molecule has 1 saturated carbocycles. The van der Waals surface area contributed by atoms with Crippen molar-refractivity contribution in [1.29, 1.82) is 0 Å². The third kappa shape index (κ3) is 2.45. The van der Waals surface area contributed by atoms with Crippen molar-refractivity contribution in [3.63, 3.8) is 0 Å². The van der Waals surface area contributed by atoms with Gasteiger partial charge in [0.15, 0.2) is 4.90 Å². The Morgan fingerprint density at radius 1 is 1.47 bits per heavy atom. The summed E-state index contributed by atoms with van der Waals surface area (Å²) in [7, 11) is -4.03. The summed E-state index contributed by atoms with van der Waals surface area (Å²) in [4.78, 5) is 9.29. The molecular weight excluding hydrogens is 275 g/mol. The van der Waals surface area contributed by atoms with E-state index in [-0.39, 0.29) is 12.6 Å². The van der Waals surface area contributed by atoms with Crippen LogP contribution in [0.1, 0.15) is 19.8 Å². The Hall–Kier alpha value is -1.54. The summed E-state index contributed by atoms with van der Waals surface area (Å²) >= 11 is 0. The van der Waals surface area contributed by atoms with Crippen LogP contribution in [-0.2, 0) is 10.0 Å². The Bertz CT molecular complexity index is 613. The lowest BCUT2D eigenvalue weighted by Crippen LogP contribution is -2.33. The third-order valence-electron chi connectivity index (χ3n) is 2.98. The number of nitrogens with zero attached hydrogens (tertiary/aromatic N) is 2. The summed E-state index contributed by atoms with van der Waals surface area (Å²) in [6.07, 6.45) is 1.46. The second kappa shape index (κ2) is 4.86. The Labute approximate surface area is 110 Å². The van der Waals surface area contributed by atoms with Gasteiger partial charge in [-0.05, 0) is 25.0 Å². The molecule has 6 nitrogen and oxygen atoms in total. The second-order valence-electron chi connectivity index (χ2n) is 4.28. The highest BCUT2D eigenvalue weighted by atomic mass is 32.2. The number of hydrogen-bond donors (Lipinski definition) is 0. The average molecular weight is 288 g/mol. The van der Waals surface area contributed by atoms with E-state index in [4.69, 9.17) is 0 Å². The normalized spacial score (nSPS) is 15.7. The fraction of sp³-hybridized carbons (Fsp3) is 0.455. The lowest BCUT2D eigenvalue weighted by atomic mass is 10.3. The van der Waals surface area contributed by atoms with Crippen LogP contribution in [0.3, 0.4) is 0 Å². The molecule has 0 spiro atoms. The van der Waals surface area contributed by atoms with E-state index in [1.807, 2.05) is 0 Å². The first-order chi connectivity index (χ1) is 8.89. The third-order valence-corrected chi connectivity index (χ3v) is 5.04. The van der Waals surface area contributed by atoms with E-state index in [1.165, 1.54) is 4.31 Å². The number of para-hydroxylation sites is 1. The standard InChI is InChI=1S/C11H13FN2O4S/c1-2-13(8-6-7-8)19(17,18)10-5-3-4-9(12)11(10)14(15)16/h3-5,8H,2,6-7H2,1H3. The molecule has 0 bridgehead atoms. The maximum atomic E-state index is 13.5. The Morgan fingerprint density at radius 2 is 2.11 bits per heavy atom. The summed E-state index contributed by atoms with van der Waals surface area (Å²) in [6.45, 7) is 1.86. The van der Waals surface area contributed by atoms with Crippen LogP contribution < -0.4 is 0 Å². The lowest BCUT2D eigenvalue weighted by molar-refractivity contribution is -0.390. The fourth-order valence-corrected chi connectivity index (χ4v) is 3.86. The number of nitro groups is 1. The van der Waals surface area contributed by atoms with Crippen molar-refractivity contribution in [3.8, 4) is 0 Å². The molecule has 0 atom stereocenters. The van der Waals surface area contributed by atoms with Crippen LogP contribution in [0.5, 0.6) is 0 Å². The highest BCUT2D eigenvalue weighted by Crippen LogP contribution is 2.35. The van der Waals surface area contributed by atoms with Crippen LogP contribution in [0.25, 0.3) is 0 Å². The molecule has 1 aromatic carbocycles. The molecule has 1 aliphatic rings. The maximum Gasteiger partial charge on any atom is 0.324 e. The van der Waals surface area contributed by atoms with Gasteiger partial charge in [0.1, 0.15) is 0 Å². The minimum atomic E-state index is -4.03. The molecule has 0 saturated heterocycles. The van der Waals surface area contributed by atoms with E-state index in [9.17, 15) is 22.9 Å². The smallest absolute Gasteiger partial charge is 0.258 e. The Balaban J connectivity index is 2.57. The maximum absolute atomic E-state index is 13.5. The summed E-state index contributed by atoms with van der Waals surface area (Å²) in [5.41, 5.74) is -0.985. The van der Waals surface area contributed by atoms with Gasteiger partial charge in [0.05, 0.1) is 4.92 Å². The van der Waals surface area contributed by atoms with E-state index in [1.54, 1.807) is 6.92 Å². The zero-order chi connectivity index (χ0) is 14.2. The van der Waals surface area contributed by atoms with E-state index < -0.39 is 31.3 Å². The molecule has 0 amide bonds. The minimum Gasteiger partial charge on any atom is -0.258 e. The fourth-order valence-electron chi connectivity index (χ4n) is 1.99. The predicted molar refractivity (Wildman–Crippen MR) is 65.6 cm³/mol. The number of sulfonamides is 1. The quantitative estimate of drug-likeness (QED) is 0.612. The number of benzene rings is 1. The van der Waals surface area contributed by atoms with Gasteiger partial charge in [0, 0.05) is 12.6 Å². The Morgan fingerprint density at radius 3 is 2.58 bits per heavy atom. The summed E-state index contributed by atoms with van der Waals surface area (Å²) < 4.78 is 39.4. The number of hydrogen-bond acceptors (Lipinski definition) is 4. The van der Waals surface area contributed by atoms with Crippen LogP contribution in [0, 0.1) is 15.9 Å². The van der Waals surface area contributed by atoms with E-state index in [0.717, 1.165) is 31.0 Å². The van der Waals surface area contributed by atoms with Crippen molar-refractivity contribution < 1.29 is 17.7 Å². The van der Waals surface area contributed by atoms with Crippen molar-refractivity contribution in [2.45, 2.75) is 30.7 Å². The zero-order valence-corrected chi connectivity index (χ0v) is 11.1. The molecule has 0 aliphatic heterocycles. The van der Waals surface area contributed by atoms with E-state index in [2.05, 4.69) is 0 Å². The molecule has 1 fully saturated rings. The molecule has 1 aromatic rings. The van der Waals surface area contributed by atoms with Crippen LogP contribution in [-0.4, -0.2) is 30.2 Å². The number of nitro benzene ring substituents is 1. The van der Waals surface area contributed by atoms with Crippen LogP contribution in [0.4, 0.5) is 10.1 Å². The first kappa shape index (κ1) is 13.9. The highest BCUT2D eigenvalue weighted by Gasteiger charge is 2.40. The van der Waals surface area contributed by atoms with Gasteiger partial charge < -0.3 is 0 Å². The van der Waals surface area contributed by atoms with Gasteiger partial charge in [-0.1, -0.05) is 13.0 Å². The van der Waals surface area contributed by atoms with Crippen LogP contribution in [0.2, 0.25) is 0 Å².